The minimum atomic E-state index is -0.361. The van der Waals surface area contributed by atoms with E-state index in [2.05, 4.69) is 5.32 Å². The molecule has 0 aliphatic carbocycles. The number of nitrogens with one attached hydrogen (secondary N) is 1. The molecule has 0 saturated heterocycles. The Morgan fingerprint density at radius 1 is 1.38 bits per heavy atom. The SMILES string of the molecule is Cc1cccc2c1N(C)C(=O)C(C)(C)CN2. The Balaban J connectivity index is 2.56. The van der Waals surface area contributed by atoms with Gasteiger partial charge < -0.3 is 10.2 Å². The van der Waals surface area contributed by atoms with Crippen molar-refractivity contribution in [2.75, 3.05) is 23.8 Å². The maximum atomic E-state index is 12.3. The third-order valence-corrected chi connectivity index (χ3v) is 3.18. The van der Waals surface area contributed by atoms with Crippen molar-refractivity contribution in [2.24, 2.45) is 5.41 Å². The molecule has 0 radical (unpaired) electrons. The van der Waals surface area contributed by atoms with Crippen molar-refractivity contribution < 1.29 is 4.79 Å². The number of carbonyl (C=O) groups excluding carboxylic acids is 1. The molecule has 1 amide bonds. The lowest BCUT2D eigenvalue weighted by Crippen LogP contribution is -2.40. The average molecular weight is 218 g/mol. The summed E-state index contributed by atoms with van der Waals surface area (Å²) in [4.78, 5) is 14.0. The number of hydrogen-bond acceptors (Lipinski definition) is 2. The van der Waals surface area contributed by atoms with Crippen molar-refractivity contribution in [1.82, 2.24) is 0 Å². The molecule has 2 rings (SSSR count). The molecule has 3 heteroatoms. The second-order valence-corrected chi connectivity index (χ2v) is 5.07. The van der Waals surface area contributed by atoms with Gasteiger partial charge in [0.2, 0.25) is 5.91 Å². The van der Waals surface area contributed by atoms with Gasteiger partial charge in [-0.1, -0.05) is 12.1 Å². The summed E-state index contributed by atoms with van der Waals surface area (Å²) >= 11 is 0. The summed E-state index contributed by atoms with van der Waals surface area (Å²) in [5.74, 6) is 0.160. The van der Waals surface area contributed by atoms with Gasteiger partial charge in [0.1, 0.15) is 0 Å². The monoisotopic (exact) mass is 218 g/mol. The van der Waals surface area contributed by atoms with E-state index in [1.807, 2.05) is 46.0 Å². The molecule has 0 saturated carbocycles. The van der Waals surface area contributed by atoms with Gasteiger partial charge in [-0.3, -0.25) is 4.79 Å². The fourth-order valence-corrected chi connectivity index (χ4v) is 2.19. The number of aryl methyl sites for hydroxylation is 1. The van der Waals surface area contributed by atoms with Gasteiger partial charge in [-0.05, 0) is 32.4 Å². The van der Waals surface area contributed by atoms with Crippen molar-refractivity contribution in [1.29, 1.82) is 0 Å². The molecule has 0 unspecified atom stereocenters. The van der Waals surface area contributed by atoms with E-state index in [1.54, 1.807) is 4.90 Å². The molecule has 3 nitrogen and oxygen atoms in total. The van der Waals surface area contributed by atoms with Crippen LogP contribution in [-0.4, -0.2) is 19.5 Å². The molecule has 0 atom stereocenters. The first-order chi connectivity index (χ1) is 7.43. The van der Waals surface area contributed by atoms with Crippen molar-refractivity contribution in [2.45, 2.75) is 20.8 Å². The van der Waals surface area contributed by atoms with E-state index in [4.69, 9.17) is 0 Å². The van der Waals surface area contributed by atoms with Crippen LogP contribution >= 0.6 is 0 Å². The Labute approximate surface area is 96.5 Å². The number of benzene rings is 1. The minimum absolute atomic E-state index is 0.160. The van der Waals surface area contributed by atoms with Crippen LogP contribution < -0.4 is 10.2 Å². The first-order valence-electron chi connectivity index (χ1n) is 5.55. The molecule has 1 aliphatic rings. The third kappa shape index (κ3) is 1.56. The normalized spacial score (nSPS) is 18.8. The number of rotatable bonds is 0. The lowest BCUT2D eigenvalue weighted by atomic mass is 9.92. The molecular weight excluding hydrogens is 200 g/mol. The second kappa shape index (κ2) is 3.51. The van der Waals surface area contributed by atoms with Crippen molar-refractivity contribution >= 4 is 17.3 Å². The van der Waals surface area contributed by atoms with Gasteiger partial charge in [-0.25, -0.2) is 0 Å². The number of fused-ring (bicyclic) bond motifs is 1. The van der Waals surface area contributed by atoms with E-state index < -0.39 is 0 Å². The summed E-state index contributed by atoms with van der Waals surface area (Å²) < 4.78 is 0. The Morgan fingerprint density at radius 3 is 2.75 bits per heavy atom. The molecule has 0 aromatic heterocycles. The summed E-state index contributed by atoms with van der Waals surface area (Å²) in [6, 6.07) is 6.06. The van der Waals surface area contributed by atoms with Crippen molar-refractivity contribution in [3.05, 3.63) is 23.8 Å². The lowest BCUT2D eigenvalue weighted by molar-refractivity contribution is -0.125. The highest BCUT2D eigenvalue weighted by Crippen LogP contribution is 2.35. The fraction of sp³-hybridized carbons (Fsp3) is 0.462. The number of carbonyl (C=O) groups is 1. The summed E-state index contributed by atoms with van der Waals surface area (Å²) in [6.07, 6.45) is 0. The van der Waals surface area contributed by atoms with Gasteiger partial charge >= 0.3 is 0 Å². The quantitative estimate of drug-likeness (QED) is 0.725. The summed E-state index contributed by atoms with van der Waals surface area (Å²) in [5.41, 5.74) is 2.80. The largest absolute Gasteiger partial charge is 0.382 e. The Kier molecular flexibility index (Phi) is 2.41. The summed E-state index contributed by atoms with van der Waals surface area (Å²) in [7, 11) is 1.85. The smallest absolute Gasteiger partial charge is 0.234 e. The number of nitrogens with zero attached hydrogens (tertiary/aromatic N) is 1. The van der Waals surface area contributed by atoms with Crippen LogP contribution in [0.15, 0.2) is 18.2 Å². The summed E-state index contributed by atoms with van der Waals surface area (Å²) in [5, 5.41) is 3.35. The molecule has 1 aromatic rings. The van der Waals surface area contributed by atoms with Gasteiger partial charge in [0.15, 0.2) is 0 Å². The van der Waals surface area contributed by atoms with Gasteiger partial charge in [0.05, 0.1) is 16.8 Å². The van der Waals surface area contributed by atoms with Gasteiger partial charge in [0, 0.05) is 13.6 Å². The molecular formula is C13H18N2O. The number of amides is 1. The molecule has 1 heterocycles. The zero-order chi connectivity index (χ0) is 11.9. The van der Waals surface area contributed by atoms with E-state index in [0.717, 1.165) is 16.9 Å². The Bertz CT molecular complexity index is 438. The van der Waals surface area contributed by atoms with E-state index in [9.17, 15) is 4.79 Å². The highest BCUT2D eigenvalue weighted by molar-refractivity contribution is 6.01. The first kappa shape index (κ1) is 11.0. The molecule has 0 bridgehead atoms. The number of anilines is 2. The molecule has 1 N–H and O–H groups in total. The van der Waals surface area contributed by atoms with Crippen LogP contribution in [0.4, 0.5) is 11.4 Å². The predicted molar refractivity (Wildman–Crippen MR) is 66.9 cm³/mol. The maximum Gasteiger partial charge on any atom is 0.234 e. The zero-order valence-electron chi connectivity index (χ0n) is 10.3. The highest BCUT2D eigenvalue weighted by atomic mass is 16.2. The first-order valence-corrected chi connectivity index (χ1v) is 5.55. The van der Waals surface area contributed by atoms with E-state index in [1.165, 1.54) is 0 Å². The fourth-order valence-electron chi connectivity index (χ4n) is 2.19. The molecule has 1 aliphatic heterocycles. The molecule has 0 spiro atoms. The van der Waals surface area contributed by atoms with E-state index in [-0.39, 0.29) is 11.3 Å². The van der Waals surface area contributed by atoms with Crippen molar-refractivity contribution in [3.8, 4) is 0 Å². The third-order valence-electron chi connectivity index (χ3n) is 3.18. The second-order valence-electron chi connectivity index (χ2n) is 5.07. The maximum absolute atomic E-state index is 12.3. The van der Waals surface area contributed by atoms with Crippen molar-refractivity contribution in [3.63, 3.8) is 0 Å². The standard InChI is InChI=1S/C13H18N2O/c1-9-6-5-7-10-11(9)15(4)12(16)13(2,3)8-14-10/h5-7,14H,8H2,1-4H3. The predicted octanol–water partition coefficient (Wildman–Crippen LogP) is 2.41. The van der Waals surface area contributed by atoms with Crippen LogP contribution in [0.1, 0.15) is 19.4 Å². The van der Waals surface area contributed by atoms with E-state index >= 15 is 0 Å². The topological polar surface area (TPSA) is 32.3 Å². The minimum Gasteiger partial charge on any atom is -0.382 e. The van der Waals surface area contributed by atoms with Crippen LogP contribution in [0.3, 0.4) is 0 Å². The van der Waals surface area contributed by atoms with Gasteiger partial charge in [0.25, 0.3) is 0 Å². The molecule has 86 valence electrons. The highest BCUT2D eigenvalue weighted by Gasteiger charge is 2.34. The van der Waals surface area contributed by atoms with Crippen LogP contribution in [0.5, 0.6) is 0 Å². The van der Waals surface area contributed by atoms with Crippen LogP contribution in [0, 0.1) is 12.3 Å². The van der Waals surface area contributed by atoms with Crippen LogP contribution in [0.2, 0.25) is 0 Å². The van der Waals surface area contributed by atoms with Crippen LogP contribution in [0.25, 0.3) is 0 Å². The lowest BCUT2D eigenvalue weighted by Gasteiger charge is -2.26. The Hall–Kier alpha value is -1.51. The van der Waals surface area contributed by atoms with E-state index in [0.29, 0.717) is 6.54 Å². The Morgan fingerprint density at radius 2 is 2.06 bits per heavy atom. The van der Waals surface area contributed by atoms with Crippen LogP contribution in [-0.2, 0) is 4.79 Å². The number of hydrogen-bond donors (Lipinski definition) is 1. The zero-order valence-corrected chi connectivity index (χ0v) is 10.3. The number of para-hydroxylation sites is 1. The average Bonchev–Trinajstić information content (AvgIpc) is 2.31. The van der Waals surface area contributed by atoms with Gasteiger partial charge in [-0.15, -0.1) is 0 Å². The van der Waals surface area contributed by atoms with Gasteiger partial charge in [-0.2, -0.15) is 0 Å². The summed E-state index contributed by atoms with van der Waals surface area (Å²) in [6.45, 7) is 6.65. The molecule has 16 heavy (non-hydrogen) atoms. The molecule has 0 fully saturated rings. The molecule has 1 aromatic carbocycles.